The van der Waals surface area contributed by atoms with Crippen LogP contribution in [0.15, 0.2) is 54.9 Å². The third-order valence-corrected chi connectivity index (χ3v) is 7.19. The summed E-state index contributed by atoms with van der Waals surface area (Å²) in [5.74, 6) is 0.438. The van der Waals surface area contributed by atoms with Gasteiger partial charge in [-0.15, -0.1) is 0 Å². The summed E-state index contributed by atoms with van der Waals surface area (Å²) in [7, 11) is 0. The van der Waals surface area contributed by atoms with E-state index in [1.807, 2.05) is 6.07 Å². The Bertz CT molecular complexity index is 1330. The van der Waals surface area contributed by atoms with Gasteiger partial charge in [0, 0.05) is 23.9 Å². The number of amides is 1. The molecule has 1 amide bonds. The molecule has 3 aromatic rings. The second-order valence-corrected chi connectivity index (χ2v) is 10.5. The first-order valence-electron chi connectivity index (χ1n) is 12.8. The number of anilines is 2. The van der Waals surface area contributed by atoms with Gasteiger partial charge in [-0.3, -0.25) is 19.6 Å². The highest BCUT2D eigenvalue weighted by Gasteiger charge is 2.51. The molecule has 2 heterocycles. The Balaban J connectivity index is 1.15. The third-order valence-electron chi connectivity index (χ3n) is 7.19. The first-order chi connectivity index (χ1) is 18.1. The summed E-state index contributed by atoms with van der Waals surface area (Å²) in [5.41, 5.74) is 1.48. The maximum absolute atomic E-state index is 13.4. The van der Waals surface area contributed by atoms with Crippen LogP contribution in [0.25, 0.3) is 0 Å². The van der Waals surface area contributed by atoms with Gasteiger partial charge in [-0.25, -0.2) is 0 Å². The van der Waals surface area contributed by atoms with Crippen molar-refractivity contribution in [1.82, 2.24) is 15.3 Å². The zero-order valence-corrected chi connectivity index (χ0v) is 21.1. The lowest BCUT2D eigenvalue weighted by Crippen LogP contribution is -2.33. The van der Waals surface area contributed by atoms with Crippen LogP contribution >= 0.6 is 0 Å². The van der Waals surface area contributed by atoms with E-state index >= 15 is 0 Å². The fourth-order valence-electron chi connectivity index (χ4n) is 4.49. The predicted octanol–water partition coefficient (Wildman–Crippen LogP) is 6.17. The quantitative estimate of drug-likeness (QED) is 0.311. The Labute approximate surface area is 219 Å². The van der Waals surface area contributed by atoms with Gasteiger partial charge in [0.05, 0.1) is 40.8 Å². The molecule has 0 atom stereocenters. The number of carbonyl (C=O) groups excluding carboxylic acids is 2. The summed E-state index contributed by atoms with van der Waals surface area (Å²) in [6, 6.07) is 11.1. The van der Waals surface area contributed by atoms with E-state index in [9.17, 15) is 22.8 Å². The van der Waals surface area contributed by atoms with Crippen molar-refractivity contribution < 1.29 is 22.8 Å². The number of Topliss-reactive ketones (excluding diaryl/α,β-unsaturated/α-hetero) is 1. The van der Waals surface area contributed by atoms with Crippen molar-refractivity contribution in [2.45, 2.75) is 58.2 Å². The lowest BCUT2D eigenvalue weighted by atomic mass is 9.95. The van der Waals surface area contributed by atoms with E-state index in [2.05, 4.69) is 20.6 Å². The molecule has 2 N–H and O–H groups in total. The highest BCUT2D eigenvalue weighted by Crippen LogP contribution is 2.49. The largest absolute Gasteiger partial charge is 0.418 e. The van der Waals surface area contributed by atoms with Crippen LogP contribution in [0.3, 0.4) is 0 Å². The average Bonchev–Trinajstić information content (AvgIpc) is 3.82. The van der Waals surface area contributed by atoms with E-state index < -0.39 is 17.2 Å². The van der Waals surface area contributed by atoms with Gasteiger partial charge in [0.2, 0.25) is 5.91 Å². The topological polar surface area (TPSA) is 84.0 Å². The van der Waals surface area contributed by atoms with Crippen LogP contribution in [0.1, 0.15) is 65.0 Å². The number of hydrogen-bond acceptors (Lipinski definition) is 5. The van der Waals surface area contributed by atoms with Gasteiger partial charge in [-0.2, -0.15) is 13.2 Å². The predicted molar refractivity (Wildman–Crippen MR) is 137 cm³/mol. The van der Waals surface area contributed by atoms with Crippen molar-refractivity contribution in [1.29, 1.82) is 0 Å². The lowest BCUT2D eigenvalue weighted by molar-refractivity contribution is -0.137. The number of nitrogens with one attached hydrogen (secondary N) is 2. The summed E-state index contributed by atoms with van der Waals surface area (Å²) in [4.78, 5) is 34.4. The van der Waals surface area contributed by atoms with E-state index in [0.717, 1.165) is 24.1 Å². The minimum Gasteiger partial charge on any atom is -0.354 e. The summed E-state index contributed by atoms with van der Waals surface area (Å²) >= 11 is 0. The SMILES string of the molecule is Cc1ccc(Nc2ccc(CNC(=O)C3(CC(=O)c4ccc(CC5CC5)nc4)CC3)nc2)c(C(F)(F)F)c1. The van der Waals surface area contributed by atoms with Crippen LogP contribution < -0.4 is 10.6 Å². The molecule has 2 aliphatic carbocycles. The highest BCUT2D eigenvalue weighted by molar-refractivity contribution is 6.00. The minimum absolute atomic E-state index is 0.0564. The average molecular weight is 523 g/mol. The number of aromatic nitrogens is 2. The minimum atomic E-state index is -4.48. The molecule has 0 radical (unpaired) electrons. The fourth-order valence-corrected chi connectivity index (χ4v) is 4.49. The number of rotatable bonds is 10. The number of pyridine rings is 2. The number of alkyl halides is 3. The van der Waals surface area contributed by atoms with Crippen molar-refractivity contribution in [2.24, 2.45) is 11.3 Å². The maximum atomic E-state index is 13.4. The summed E-state index contributed by atoms with van der Waals surface area (Å²) in [5, 5.41) is 5.64. The first kappa shape index (κ1) is 25.9. The van der Waals surface area contributed by atoms with Crippen molar-refractivity contribution in [3.63, 3.8) is 0 Å². The summed E-state index contributed by atoms with van der Waals surface area (Å²) in [6.07, 6.45) is 3.42. The Morgan fingerprint density at radius 2 is 1.74 bits per heavy atom. The number of halogens is 3. The molecule has 2 fully saturated rings. The van der Waals surface area contributed by atoms with E-state index in [4.69, 9.17) is 0 Å². The van der Waals surface area contributed by atoms with Gasteiger partial charge in [0.1, 0.15) is 0 Å². The first-order valence-corrected chi connectivity index (χ1v) is 12.8. The zero-order chi connectivity index (χ0) is 26.9. The molecule has 0 unspecified atom stereocenters. The van der Waals surface area contributed by atoms with Gasteiger partial charge in [0.25, 0.3) is 0 Å². The molecule has 6 nitrogen and oxygen atoms in total. The molecule has 5 rings (SSSR count). The molecular weight excluding hydrogens is 493 g/mol. The monoisotopic (exact) mass is 522 g/mol. The van der Waals surface area contributed by atoms with Crippen LogP contribution in [-0.4, -0.2) is 21.7 Å². The van der Waals surface area contributed by atoms with Crippen LogP contribution in [0.4, 0.5) is 24.5 Å². The fraction of sp³-hybridized carbons (Fsp3) is 0.379. The number of carbonyl (C=O) groups is 2. The molecule has 38 heavy (non-hydrogen) atoms. The highest BCUT2D eigenvalue weighted by atomic mass is 19.4. The number of nitrogens with zero attached hydrogens (tertiary/aromatic N) is 2. The van der Waals surface area contributed by atoms with Gasteiger partial charge in [-0.1, -0.05) is 11.6 Å². The van der Waals surface area contributed by atoms with Gasteiger partial charge in [0.15, 0.2) is 5.78 Å². The smallest absolute Gasteiger partial charge is 0.354 e. The number of aryl methyl sites for hydroxylation is 1. The molecule has 2 saturated carbocycles. The molecule has 0 spiro atoms. The molecular formula is C29H29F3N4O2. The molecule has 0 bridgehead atoms. The van der Waals surface area contributed by atoms with Crippen LogP contribution in [-0.2, 0) is 23.9 Å². The number of hydrogen-bond donors (Lipinski definition) is 2. The second kappa shape index (κ2) is 10.2. The van der Waals surface area contributed by atoms with Crippen molar-refractivity contribution >= 4 is 23.1 Å². The maximum Gasteiger partial charge on any atom is 0.418 e. The van der Waals surface area contributed by atoms with Crippen molar-refractivity contribution in [3.05, 3.63) is 82.9 Å². The van der Waals surface area contributed by atoms with E-state index in [1.165, 1.54) is 25.1 Å². The second-order valence-electron chi connectivity index (χ2n) is 10.5. The lowest BCUT2D eigenvalue weighted by Gasteiger charge is -2.16. The molecule has 2 aromatic heterocycles. The summed E-state index contributed by atoms with van der Waals surface area (Å²) < 4.78 is 40.2. The van der Waals surface area contributed by atoms with E-state index in [-0.39, 0.29) is 30.3 Å². The number of ketones is 1. The zero-order valence-electron chi connectivity index (χ0n) is 21.1. The molecule has 1 aromatic carbocycles. The third kappa shape index (κ3) is 6.20. The molecule has 2 aliphatic rings. The molecule has 198 valence electrons. The van der Waals surface area contributed by atoms with Gasteiger partial charge < -0.3 is 10.6 Å². The number of benzene rings is 1. The standard InChI is InChI=1S/C29H29F3N4O2/c1-18-2-9-25(24(12-18)29(30,31)32)36-23-8-7-22(34-17-23)16-35-27(38)28(10-11-28)14-26(37)20-5-6-21(33-15-20)13-19-3-4-19/h2,5-9,12,15,17,19,36H,3-4,10-11,13-14,16H2,1H3,(H,35,38). The van der Waals surface area contributed by atoms with Crippen molar-refractivity contribution in [3.8, 4) is 0 Å². The Hall–Kier alpha value is -3.75. The van der Waals surface area contributed by atoms with Crippen LogP contribution in [0.2, 0.25) is 0 Å². The Morgan fingerprint density at radius 1 is 1.00 bits per heavy atom. The van der Waals surface area contributed by atoms with E-state index in [0.29, 0.717) is 35.3 Å². The Kier molecular flexibility index (Phi) is 6.94. The summed E-state index contributed by atoms with van der Waals surface area (Å²) in [6.45, 7) is 1.76. The normalized spacial score (nSPS) is 16.1. The van der Waals surface area contributed by atoms with Gasteiger partial charge in [-0.05, 0) is 81.3 Å². The molecule has 0 saturated heterocycles. The van der Waals surface area contributed by atoms with Gasteiger partial charge >= 0.3 is 6.18 Å². The van der Waals surface area contributed by atoms with Crippen LogP contribution in [0, 0.1) is 18.3 Å². The van der Waals surface area contributed by atoms with Crippen LogP contribution in [0.5, 0.6) is 0 Å². The van der Waals surface area contributed by atoms with Crippen molar-refractivity contribution in [2.75, 3.05) is 5.32 Å². The molecule has 9 heteroatoms. The van der Waals surface area contributed by atoms with E-state index in [1.54, 1.807) is 37.4 Å². The molecule has 0 aliphatic heterocycles. The Morgan fingerprint density at radius 3 is 2.34 bits per heavy atom.